The zero-order valence-corrected chi connectivity index (χ0v) is 10.7. The molecule has 0 heterocycles. The van der Waals surface area contributed by atoms with Gasteiger partial charge in [0.2, 0.25) is 11.8 Å². The fourth-order valence-corrected chi connectivity index (χ4v) is 1.28. The van der Waals surface area contributed by atoms with Crippen molar-refractivity contribution in [1.82, 2.24) is 10.6 Å². The normalized spacial score (nSPS) is 12.8. The lowest BCUT2D eigenvalue weighted by Crippen LogP contribution is -2.53. The molecule has 0 fully saturated rings. The van der Waals surface area contributed by atoms with Crippen LogP contribution in [0.4, 0.5) is 0 Å². The Kier molecular flexibility index (Phi) is 7.39. The summed E-state index contributed by atoms with van der Waals surface area (Å²) in [5.41, 5.74) is 5.00. The monoisotopic (exact) mass is 305 g/mol. The molecule has 11 heteroatoms. The van der Waals surface area contributed by atoms with Crippen LogP contribution in [0.1, 0.15) is 12.8 Å². The van der Waals surface area contributed by atoms with Crippen LogP contribution in [0.5, 0.6) is 0 Å². The molecule has 118 valence electrons. The Hall–Kier alpha value is -2.69. The van der Waals surface area contributed by atoms with Crippen LogP contribution in [0.2, 0.25) is 0 Å². The molecule has 2 amide bonds. The highest BCUT2D eigenvalue weighted by Crippen LogP contribution is 1.98. The lowest BCUT2D eigenvalue weighted by molar-refractivity contribution is -0.148. The molecule has 21 heavy (non-hydrogen) atoms. The molecule has 0 saturated heterocycles. The van der Waals surface area contributed by atoms with Gasteiger partial charge in [-0.3, -0.25) is 19.2 Å². The largest absolute Gasteiger partial charge is 0.481 e. The van der Waals surface area contributed by atoms with Gasteiger partial charge >= 0.3 is 17.9 Å². The molecule has 0 bridgehead atoms. The van der Waals surface area contributed by atoms with Gasteiger partial charge in [-0.1, -0.05) is 0 Å². The van der Waals surface area contributed by atoms with Gasteiger partial charge < -0.3 is 31.7 Å². The number of amides is 2. The van der Waals surface area contributed by atoms with Gasteiger partial charge in [-0.25, -0.2) is 4.79 Å². The van der Waals surface area contributed by atoms with Crippen LogP contribution in [-0.2, 0) is 24.0 Å². The van der Waals surface area contributed by atoms with Gasteiger partial charge in [0.25, 0.3) is 0 Å². The van der Waals surface area contributed by atoms with Gasteiger partial charge in [0, 0.05) is 0 Å². The molecule has 0 saturated carbocycles. The molecule has 11 nitrogen and oxygen atoms in total. The number of aliphatic carboxylic acids is 3. The summed E-state index contributed by atoms with van der Waals surface area (Å²) >= 11 is 0. The first-order valence-corrected chi connectivity index (χ1v) is 5.63. The second-order valence-electron chi connectivity index (χ2n) is 3.92. The van der Waals surface area contributed by atoms with E-state index in [0.29, 0.717) is 0 Å². The van der Waals surface area contributed by atoms with Crippen molar-refractivity contribution in [3.8, 4) is 0 Å². The standard InChI is InChI=1S/C10H15N3O8/c11-3-6(14)12-4(1-7(15)16)9(19)13-5(10(20)21)2-8(17)18/h4-5H,1-3,11H2,(H,12,14)(H,13,19)(H,15,16)(H,17,18)(H,20,21)/t4-,5-/m0/s1. The van der Waals surface area contributed by atoms with Crippen LogP contribution in [0, 0.1) is 0 Å². The molecule has 0 aromatic rings. The number of hydrogen-bond donors (Lipinski definition) is 6. The number of nitrogens with one attached hydrogen (secondary N) is 2. The van der Waals surface area contributed by atoms with Crippen LogP contribution in [0.25, 0.3) is 0 Å². The first-order valence-electron chi connectivity index (χ1n) is 5.63. The highest BCUT2D eigenvalue weighted by Gasteiger charge is 2.29. The summed E-state index contributed by atoms with van der Waals surface area (Å²) in [5, 5.41) is 29.8. The van der Waals surface area contributed by atoms with Gasteiger partial charge in [0.1, 0.15) is 12.1 Å². The fourth-order valence-electron chi connectivity index (χ4n) is 1.28. The molecule has 0 radical (unpaired) electrons. The highest BCUT2D eigenvalue weighted by molar-refractivity contribution is 5.94. The van der Waals surface area contributed by atoms with Crippen LogP contribution < -0.4 is 16.4 Å². The highest BCUT2D eigenvalue weighted by atomic mass is 16.4. The summed E-state index contributed by atoms with van der Waals surface area (Å²) in [6, 6.07) is -3.31. The van der Waals surface area contributed by atoms with E-state index in [4.69, 9.17) is 21.1 Å². The maximum absolute atomic E-state index is 11.7. The lowest BCUT2D eigenvalue weighted by Gasteiger charge is -2.19. The van der Waals surface area contributed by atoms with Gasteiger partial charge in [-0.15, -0.1) is 0 Å². The predicted octanol–water partition coefficient (Wildman–Crippen LogP) is -3.05. The number of hydrogen-bond acceptors (Lipinski definition) is 6. The molecule has 2 atom stereocenters. The zero-order chi connectivity index (χ0) is 16.6. The Balaban J connectivity index is 4.91. The zero-order valence-electron chi connectivity index (χ0n) is 10.7. The molecule has 0 aromatic carbocycles. The molecular weight excluding hydrogens is 290 g/mol. The Labute approximate surface area is 118 Å². The van der Waals surface area contributed by atoms with Gasteiger partial charge in [0.15, 0.2) is 0 Å². The Morgan fingerprint density at radius 3 is 1.71 bits per heavy atom. The Morgan fingerprint density at radius 1 is 0.857 bits per heavy atom. The van der Waals surface area contributed by atoms with Crippen LogP contribution in [0.3, 0.4) is 0 Å². The van der Waals surface area contributed by atoms with E-state index in [1.807, 2.05) is 10.6 Å². The minimum absolute atomic E-state index is 0.499. The number of carboxylic acid groups (broad SMARTS) is 3. The Bertz CT molecular complexity index is 450. The first-order chi connectivity index (χ1) is 9.67. The van der Waals surface area contributed by atoms with Crippen molar-refractivity contribution < 1.29 is 39.3 Å². The van der Waals surface area contributed by atoms with E-state index in [1.54, 1.807) is 0 Å². The lowest BCUT2D eigenvalue weighted by atomic mass is 10.1. The second-order valence-corrected chi connectivity index (χ2v) is 3.92. The van der Waals surface area contributed by atoms with E-state index in [9.17, 15) is 24.0 Å². The predicted molar refractivity (Wildman–Crippen MR) is 65.1 cm³/mol. The van der Waals surface area contributed by atoms with Crippen molar-refractivity contribution in [3.63, 3.8) is 0 Å². The second kappa shape index (κ2) is 8.47. The molecule has 0 rings (SSSR count). The van der Waals surface area contributed by atoms with E-state index in [2.05, 4.69) is 0 Å². The van der Waals surface area contributed by atoms with E-state index in [0.717, 1.165) is 0 Å². The molecule has 7 N–H and O–H groups in total. The molecular formula is C10H15N3O8. The number of rotatable bonds is 9. The summed E-state index contributed by atoms with van der Waals surface area (Å²) in [6.45, 7) is -0.499. The quantitative estimate of drug-likeness (QED) is 0.256. The molecule has 0 unspecified atom stereocenters. The van der Waals surface area contributed by atoms with Crippen molar-refractivity contribution in [2.75, 3.05) is 6.54 Å². The third-order valence-corrected chi connectivity index (χ3v) is 2.21. The number of carbonyl (C=O) groups is 5. The van der Waals surface area contributed by atoms with Gasteiger partial charge in [-0.05, 0) is 0 Å². The van der Waals surface area contributed by atoms with Crippen molar-refractivity contribution in [2.45, 2.75) is 24.9 Å². The fraction of sp³-hybridized carbons (Fsp3) is 0.500. The van der Waals surface area contributed by atoms with E-state index in [1.165, 1.54) is 0 Å². The average molecular weight is 305 g/mol. The number of nitrogens with two attached hydrogens (primary N) is 1. The van der Waals surface area contributed by atoms with Gasteiger partial charge in [0.05, 0.1) is 19.4 Å². The summed E-state index contributed by atoms with van der Waals surface area (Å²) in [4.78, 5) is 54.7. The topological polar surface area (TPSA) is 196 Å². The van der Waals surface area contributed by atoms with E-state index >= 15 is 0 Å². The molecule has 0 aliphatic heterocycles. The Morgan fingerprint density at radius 2 is 1.33 bits per heavy atom. The summed E-state index contributed by atoms with van der Waals surface area (Å²) < 4.78 is 0. The maximum Gasteiger partial charge on any atom is 0.326 e. The number of carboxylic acids is 3. The van der Waals surface area contributed by atoms with Crippen molar-refractivity contribution in [1.29, 1.82) is 0 Å². The molecule has 0 aliphatic carbocycles. The minimum Gasteiger partial charge on any atom is -0.481 e. The van der Waals surface area contributed by atoms with E-state index in [-0.39, 0.29) is 0 Å². The average Bonchev–Trinajstić information content (AvgIpc) is 2.35. The van der Waals surface area contributed by atoms with E-state index < -0.39 is 61.2 Å². The van der Waals surface area contributed by atoms with Crippen LogP contribution in [0.15, 0.2) is 0 Å². The molecule has 0 aromatic heterocycles. The smallest absolute Gasteiger partial charge is 0.326 e. The summed E-state index contributed by atoms with van der Waals surface area (Å²) in [5.74, 6) is -6.44. The molecule has 0 spiro atoms. The van der Waals surface area contributed by atoms with Crippen molar-refractivity contribution in [2.24, 2.45) is 5.73 Å². The minimum atomic E-state index is -1.75. The SMILES string of the molecule is NCC(=O)N[C@@H](CC(=O)O)C(=O)N[C@@H](CC(=O)O)C(=O)O. The van der Waals surface area contributed by atoms with Gasteiger partial charge in [-0.2, -0.15) is 0 Å². The maximum atomic E-state index is 11.7. The third-order valence-electron chi connectivity index (χ3n) is 2.21. The summed E-state index contributed by atoms with van der Waals surface area (Å²) in [7, 11) is 0. The van der Waals surface area contributed by atoms with Crippen LogP contribution >= 0.6 is 0 Å². The van der Waals surface area contributed by atoms with Crippen molar-refractivity contribution in [3.05, 3.63) is 0 Å². The van der Waals surface area contributed by atoms with Crippen molar-refractivity contribution >= 4 is 29.7 Å². The molecule has 0 aliphatic rings. The third kappa shape index (κ3) is 7.47. The first kappa shape index (κ1) is 18.3. The van der Waals surface area contributed by atoms with Crippen LogP contribution in [-0.4, -0.2) is 63.7 Å². The summed E-state index contributed by atoms with van der Waals surface area (Å²) in [6.07, 6.45) is -1.71. The number of carbonyl (C=O) groups excluding carboxylic acids is 2.